The summed E-state index contributed by atoms with van der Waals surface area (Å²) in [5.41, 5.74) is 0. The van der Waals surface area contributed by atoms with Crippen LogP contribution in [-0.2, 0) is 4.79 Å². The van der Waals surface area contributed by atoms with Gasteiger partial charge in [-0.3, -0.25) is 4.79 Å². The molecule has 1 aromatic rings. The van der Waals surface area contributed by atoms with E-state index < -0.39 is 11.8 Å². The van der Waals surface area contributed by atoms with Gasteiger partial charge in [-0.2, -0.15) is 0 Å². The summed E-state index contributed by atoms with van der Waals surface area (Å²) >= 11 is 0. The highest BCUT2D eigenvalue weighted by Gasteiger charge is 2.15. The summed E-state index contributed by atoms with van der Waals surface area (Å²) in [6.45, 7) is 0.275. The molecule has 68 valence electrons. The molecule has 1 aromatic carbocycles. The van der Waals surface area contributed by atoms with Crippen LogP contribution in [0.25, 0.3) is 0 Å². The maximum Gasteiger partial charge on any atom is 0.314 e. The molecule has 0 spiro atoms. The second-order valence-electron chi connectivity index (χ2n) is 2.66. The van der Waals surface area contributed by atoms with Crippen molar-refractivity contribution >= 4 is 5.97 Å². The molecule has 1 aliphatic rings. The number of carbonyl (C=O) groups is 1. The van der Waals surface area contributed by atoms with Gasteiger partial charge in [-0.1, -0.05) is 0 Å². The second-order valence-corrected chi connectivity index (χ2v) is 2.66. The van der Waals surface area contributed by atoms with E-state index in [1.165, 1.54) is 12.1 Å². The van der Waals surface area contributed by atoms with Crippen molar-refractivity contribution in [3.05, 3.63) is 24.0 Å². The van der Waals surface area contributed by atoms with Gasteiger partial charge in [-0.05, 0) is 12.1 Å². The molecule has 2 rings (SSSR count). The van der Waals surface area contributed by atoms with E-state index in [1.54, 1.807) is 0 Å². The van der Waals surface area contributed by atoms with Crippen LogP contribution < -0.4 is 9.47 Å². The van der Waals surface area contributed by atoms with Crippen molar-refractivity contribution in [3.63, 3.8) is 0 Å². The van der Waals surface area contributed by atoms with E-state index in [9.17, 15) is 9.18 Å². The summed E-state index contributed by atoms with van der Waals surface area (Å²) in [5, 5.41) is 0. The monoisotopic (exact) mass is 182 g/mol. The van der Waals surface area contributed by atoms with Crippen LogP contribution in [0.15, 0.2) is 18.2 Å². The Balaban J connectivity index is 2.40. The molecule has 0 aromatic heterocycles. The maximum atomic E-state index is 12.7. The van der Waals surface area contributed by atoms with Gasteiger partial charge < -0.3 is 9.47 Å². The highest BCUT2D eigenvalue weighted by molar-refractivity contribution is 5.74. The largest absolute Gasteiger partial charge is 0.489 e. The molecule has 0 amide bonds. The lowest BCUT2D eigenvalue weighted by Crippen LogP contribution is -2.07. The number of esters is 1. The first-order valence-corrected chi connectivity index (χ1v) is 3.89. The Labute approximate surface area is 74.1 Å². The third-order valence-electron chi connectivity index (χ3n) is 1.69. The number of halogens is 1. The normalized spacial score (nSPS) is 15.3. The molecule has 0 aliphatic carbocycles. The molecule has 0 bridgehead atoms. The zero-order valence-electron chi connectivity index (χ0n) is 6.75. The van der Waals surface area contributed by atoms with Crippen LogP contribution in [0.3, 0.4) is 0 Å². The molecular formula is C9H7FO3. The summed E-state index contributed by atoms with van der Waals surface area (Å²) in [6.07, 6.45) is 0.191. The Kier molecular flexibility index (Phi) is 1.88. The maximum absolute atomic E-state index is 12.7. The van der Waals surface area contributed by atoms with Gasteiger partial charge in [-0.25, -0.2) is 4.39 Å². The zero-order valence-corrected chi connectivity index (χ0v) is 6.75. The van der Waals surface area contributed by atoms with Crippen molar-refractivity contribution in [2.45, 2.75) is 6.42 Å². The number of benzene rings is 1. The first-order valence-electron chi connectivity index (χ1n) is 3.89. The minimum absolute atomic E-state index is 0.155. The summed E-state index contributed by atoms with van der Waals surface area (Å²) in [6, 6.07) is 3.85. The first-order chi connectivity index (χ1) is 6.25. The molecule has 0 saturated heterocycles. The minimum atomic E-state index is -0.447. The van der Waals surface area contributed by atoms with Crippen LogP contribution in [0.1, 0.15) is 6.42 Å². The van der Waals surface area contributed by atoms with Gasteiger partial charge in [0.25, 0.3) is 0 Å². The lowest BCUT2D eigenvalue weighted by atomic mass is 10.3. The fourth-order valence-corrected chi connectivity index (χ4v) is 1.10. The zero-order chi connectivity index (χ0) is 9.26. The number of ether oxygens (including phenoxy) is 2. The molecule has 1 heterocycles. The predicted molar refractivity (Wildman–Crippen MR) is 42.1 cm³/mol. The Hall–Kier alpha value is -1.58. The molecule has 0 fully saturated rings. The summed E-state index contributed by atoms with van der Waals surface area (Å²) < 4.78 is 22.7. The second kappa shape index (κ2) is 3.05. The van der Waals surface area contributed by atoms with Crippen LogP contribution in [-0.4, -0.2) is 12.6 Å². The predicted octanol–water partition coefficient (Wildman–Crippen LogP) is 1.51. The van der Waals surface area contributed by atoms with E-state index in [0.717, 1.165) is 6.07 Å². The van der Waals surface area contributed by atoms with Crippen LogP contribution in [0.5, 0.6) is 11.5 Å². The molecule has 0 atom stereocenters. The smallest absolute Gasteiger partial charge is 0.314 e. The summed E-state index contributed by atoms with van der Waals surface area (Å²) in [5.74, 6) is -0.281. The van der Waals surface area contributed by atoms with Crippen molar-refractivity contribution in [2.75, 3.05) is 6.61 Å². The van der Waals surface area contributed by atoms with Crippen molar-refractivity contribution in [2.24, 2.45) is 0 Å². The number of hydrogen-bond acceptors (Lipinski definition) is 3. The Morgan fingerprint density at radius 2 is 2.15 bits per heavy atom. The van der Waals surface area contributed by atoms with Gasteiger partial charge in [0.05, 0.1) is 13.0 Å². The molecule has 0 unspecified atom stereocenters. The number of fused-ring (bicyclic) bond motifs is 1. The molecule has 3 nitrogen and oxygen atoms in total. The van der Waals surface area contributed by atoms with Gasteiger partial charge in [-0.15, -0.1) is 0 Å². The highest BCUT2D eigenvalue weighted by Crippen LogP contribution is 2.29. The quantitative estimate of drug-likeness (QED) is 0.450. The standard InChI is InChI=1S/C9H7FO3/c10-6-1-2-7-8(5-6)13-9(11)3-4-12-7/h1-2,5H,3-4H2. The molecule has 0 radical (unpaired) electrons. The van der Waals surface area contributed by atoms with E-state index in [1.807, 2.05) is 0 Å². The van der Waals surface area contributed by atoms with Crippen molar-refractivity contribution < 1.29 is 18.7 Å². The molecule has 13 heavy (non-hydrogen) atoms. The lowest BCUT2D eigenvalue weighted by Gasteiger charge is -2.04. The van der Waals surface area contributed by atoms with Crippen molar-refractivity contribution in [1.29, 1.82) is 0 Å². The minimum Gasteiger partial charge on any atom is -0.489 e. The molecule has 0 saturated carbocycles. The van der Waals surface area contributed by atoms with Crippen molar-refractivity contribution in [1.82, 2.24) is 0 Å². The topological polar surface area (TPSA) is 35.5 Å². The average Bonchev–Trinajstić information content (AvgIpc) is 2.25. The highest BCUT2D eigenvalue weighted by atomic mass is 19.1. The van der Waals surface area contributed by atoms with Crippen molar-refractivity contribution in [3.8, 4) is 11.5 Å². The third-order valence-corrected chi connectivity index (χ3v) is 1.69. The van der Waals surface area contributed by atoms with Gasteiger partial charge in [0.2, 0.25) is 0 Å². The van der Waals surface area contributed by atoms with Crippen LogP contribution in [0.2, 0.25) is 0 Å². The Morgan fingerprint density at radius 3 is 3.00 bits per heavy atom. The first kappa shape index (κ1) is 8.04. The van der Waals surface area contributed by atoms with Crippen LogP contribution in [0, 0.1) is 5.82 Å². The van der Waals surface area contributed by atoms with Crippen LogP contribution >= 0.6 is 0 Å². The number of hydrogen-bond donors (Lipinski definition) is 0. The van der Waals surface area contributed by atoms with Gasteiger partial charge in [0.1, 0.15) is 5.82 Å². The number of rotatable bonds is 0. The summed E-state index contributed by atoms with van der Waals surface area (Å²) in [4.78, 5) is 10.9. The molecule has 1 aliphatic heterocycles. The van der Waals surface area contributed by atoms with E-state index in [-0.39, 0.29) is 18.8 Å². The fraction of sp³-hybridized carbons (Fsp3) is 0.222. The summed E-state index contributed by atoms with van der Waals surface area (Å²) in [7, 11) is 0. The Morgan fingerprint density at radius 1 is 1.31 bits per heavy atom. The molecular weight excluding hydrogens is 175 g/mol. The Bertz CT molecular complexity index is 349. The average molecular weight is 182 g/mol. The van der Waals surface area contributed by atoms with E-state index in [4.69, 9.17) is 9.47 Å². The van der Waals surface area contributed by atoms with Crippen LogP contribution in [0.4, 0.5) is 4.39 Å². The SMILES string of the molecule is O=C1CCOc2ccc(F)cc2O1. The molecule has 0 N–H and O–H groups in total. The number of carbonyl (C=O) groups excluding carboxylic acids is 1. The van der Waals surface area contributed by atoms with E-state index in [2.05, 4.69) is 0 Å². The van der Waals surface area contributed by atoms with E-state index >= 15 is 0 Å². The third kappa shape index (κ3) is 1.61. The molecule has 4 heteroatoms. The fourth-order valence-electron chi connectivity index (χ4n) is 1.10. The van der Waals surface area contributed by atoms with E-state index in [0.29, 0.717) is 5.75 Å². The van der Waals surface area contributed by atoms with Gasteiger partial charge >= 0.3 is 5.97 Å². The lowest BCUT2D eigenvalue weighted by molar-refractivity contribution is -0.134. The van der Waals surface area contributed by atoms with Gasteiger partial charge in [0.15, 0.2) is 11.5 Å². The van der Waals surface area contributed by atoms with Gasteiger partial charge in [0, 0.05) is 6.07 Å².